The Bertz CT molecular complexity index is 202. The highest BCUT2D eigenvalue weighted by Crippen LogP contribution is 2.28. The van der Waals surface area contributed by atoms with Gasteiger partial charge in [0.2, 0.25) is 0 Å². The molecular weight excluding hydrogens is 202 g/mol. The molecule has 1 atom stereocenters. The minimum absolute atomic E-state index is 0.0852. The van der Waals surface area contributed by atoms with E-state index in [1.54, 1.807) is 0 Å². The van der Waals surface area contributed by atoms with Crippen molar-refractivity contribution in [2.75, 3.05) is 13.2 Å². The molecule has 0 saturated heterocycles. The second-order valence-corrected chi connectivity index (χ2v) is 4.63. The lowest BCUT2D eigenvalue weighted by Crippen LogP contribution is -2.39. The van der Waals surface area contributed by atoms with Gasteiger partial charge in [0, 0.05) is 0 Å². The highest BCUT2D eigenvalue weighted by Gasteiger charge is 2.20. The van der Waals surface area contributed by atoms with E-state index < -0.39 is 0 Å². The highest BCUT2D eigenvalue weighted by molar-refractivity contribution is 5.75. The van der Waals surface area contributed by atoms with E-state index in [-0.39, 0.29) is 12.0 Å². The lowest BCUT2D eigenvalue weighted by atomic mass is 9.83. The first-order valence-electron chi connectivity index (χ1n) is 6.68. The molecule has 0 heterocycles. The van der Waals surface area contributed by atoms with Crippen molar-refractivity contribution < 1.29 is 9.53 Å². The Morgan fingerprint density at radius 1 is 1.44 bits per heavy atom. The molecule has 3 nitrogen and oxygen atoms in total. The summed E-state index contributed by atoms with van der Waals surface area (Å²) in [5, 5.41) is 3.33. The van der Waals surface area contributed by atoms with Crippen LogP contribution in [0.3, 0.4) is 0 Å². The molecule has 1 aliphatic rings. The van der Waals surface area contributed by atoms with Crippen LogP contribution in [0.25, 0.3) is 0 Å². The Morgan fingerprint density at radius 2 is 2.19 bits per heavy atom. The van der Waals surface area contributed by atoms with E-state index in [9.17, 15) is 4.79 Å². The van der Waals surface area contributed by atoms with E-state index in [0.717, 1.165) is 25.3 Å². The molecule has 1 unspecified atom stereocenters. The number of rotatable bonds is 8. The van der Waals surface area contributed by atoms with Crippen LogP contribution in [0.2, 0.25) is 0 Å². The first-order chi connectivity index (χ1) is 7.77. The molecule has 0 aromatic rings. The first kappa shape index (κ1) is 13.5. The zero-order chi connectivity index (χ0) is 11.8. The summed E-state index contributed by atoms with van der Waals surface area (Å²) in [5.41, 5.74) is 0. The summed E-state index contributed by atoms with van der Waals surface area (Å²) in [7, 11) is 0. The van der Waals surface area contributed by atoms with Crippen LogP contribution in [-0.2, 0) is 9.53 Å². The molecule has 1 saturated carbocycles. The molecule has 0 amide bonds. The Morgan fingerprint density at radius 3 is 2.69 bits per heavy atom. The zero-order valence-electron chi connectivity index (χ0n) is 10.6. The van der Waals surface area contributed by atoms with E-state index in [0.29, 0.717) is 6.61 Å². The number of hydrogen-bond donors (Lipinski definition) is 1. The van der Waals surface area contributed by atoms with Crippen LogP contribution in [-0.4, -0.2) is 25.2 Å². The maximum Gasteiger partial charge on any atom is 0.323 e. The van der Waals surface area contributed by atoms with Crippen molar-refractivity contribution in [1.82, 2.24) is 5.32 Å². The molecule has 94 valence electrons. The number of hydrogen-bond acceptors (Lipinski definition) is 3. The van der Waals surface area contributed by atoms with Gasteiger partial charge in [-0.3, -0.25) is 4.79 Å². The fourth-order valence-electron chi connectivity index (χ4n) is 2.08. The molecule has 1 N–H and O–H groups in total. The second-order valence-electron chi connectivity index (χ2n) is 4.63. The largest absolute Gasteiger partial charge is 0.465 e. The van der Waals surface area contributed by atoms with Gasteiger partial charge < -0.3 is 10.1 Å². The van der Waals surface area contributed by atoms with Crippen molar-refractivity contribution in [3.05, 3.63) is 0 Å². The van der Waals surface area contributed by atoms with E-state index in [1.807, 2.05) is 6.92 Å². The van der Waals surface area contributed by atoms with Gasteiger partial charge in [-0.2, -0.15) is 0 Å². The smallest absolute Gasteiger partial charge is 0.323 e. The summed E-state index contributed by atoms with van der Waals surface area (Å²) in [6.45, 7) is 5.38. The first-order valence-corrected chi connectivity index (χ1v) is 6.68. The highest BCUT2D eigenvalue weighted by atomic mass is 16.5. The maximum absolute atomic E-state index is 11.6. The number of ether oxygens (including phenoxy) is 1. The minimum atomic E-state index is -0.0926. The second kappa shape index (κ2) is 7.66. The molecule has 0 aromatic heterocycles. The molecule has 0 aliphatic heterocycles. The van der Waals surface area contributed by atoms with Gasteiger partial charge in [-0.05, 0) is 32.2 Å². The van der Waals surface area contributed by atoms with E-state index in [2.05, 4.69) is 12.2 Å². The van der Waals surface area contributed by atoms with Gasteiger partial charge in [0.25, 0.3) is 0 Å². The Hall–Kier alpha value is -0.570. The van der Waals surface area contributed by atoms with Crippen molar-refractivity contribution >= 4 is 5.97 Å². The van der Waals surface area contributed by atoms with Gasteiger partial charge in [-0.15, -0.1) is 0 Å². The van der Waals surface area contributed by atoms with Crippen LogP contribution < -0.4 is 5.32 Å². The van der Waals surface area contributed by atoms with E-state index in [4.69, 9.17) is 4.74 Å². The molecule has 1 aliphatic carbocycles. The van der Waals surface area contributed by atoms with Crippen molar-refractivity contribution in [2.45, 2.75) is 58.4 Å². The van der Waals surface area contributed by atoms with Crippen LogP contribution in [0, 0.1) is 5.92 Å². The van der Waals surface area contributed by atoms with E-state index in [1.165, 1.54) is 25.7 Å². The molecule has 1 fully saturated rings. The maximum atomic E-state index is 11.6. The third kappa shape index (κ3) is 4.52. The molecule has 3 heteroatoms. The van der Waals surface area contributed by atoms with Gasteiger partial charge >= 0.3 is 5.97 Å². The summed E-state index contributed by atoms with van der Waals surface area (Å²) < 4.78 is 5.05. The van der Waals surface area contributed by atoms with Gasteiger partial charge in [-0.1, -0.05) is 32.6 Å². The number of esters is 1. The third-order valence-electron chi connectivity index (χ3n) is 3.32. The number of nitrogens with one attached hydrogen (secondary N) is 1. The van der Waals surface area contributed by atoms with Gasteiger partial charge in [0.1, 0.15) is 6.04 Å². The van der Waals surface area contributed by atoms with Crippen LogP contribution in [0.5, 0.6) is 0 Å². The SMILES string of the molecule is CCCC(NCCC1CCC1)C(=O)OCC. The molecule has 0 radical (unpaired) electrons. The van der Waals surface area contributed by atoms with Crippen molar-refractivity contribution in [3.8, 4) is 0 Å². The Kier molecular flexibility index (Phi) is 6.46. The summed E-state index contributed by atoms with van der Waals surface area (Å²) in [6, 6.07) is -0.0926. The van der Waals surface area contributed by atoms with Gasteiger partial charge in [0.15, 0.2) is 0 Å². The van der Waals surface area contributed by atoms with Crippen LogP contribution >= 0.6 is 0 Å². The lowest BCUT2D eigenvalue weighted by Gasteiger charge is -2.26. The predicted octanol–water partition coefficient (Wildman–Crippen LogP) is 2.50. The summed E-state index contributed by atoms with van der Waals surface area (Å²) in [5.74, 6) is 0.815. The fraction of sp³-hybridized carbons (Fsp3) is 0.923. The normalized spacial score (nSPS) is 17.9. The molecule has 0 spiro atoms. The van der Waals surface area contributed by atoms with Crippen molar-refractivity contribution in [1.29, 1.82) is 0 Å². The molecule has 16 heavy (non-hydrogen) atoms. The lowest BCUT2D eigenvalue weighted by molar-refractivity contribution is -0.145. The average molecular weight is 227 g/mol. The monoisotopic (exact) mass is 227 g/mol. The van der Waals surface area contributed by atoms with Crippen LogP contribution in [0.1, 0.15) is 52.4 Å². The van der Waals surface area contributed by atoms with Crippen molar-refractivity contribution in [2.24, 2.45) is 5.92 Å². The third-order valence-corrected chi connectivity index (χ3v) is 3.32. The Balaban J connectivity index is 2.17. The predicted molar refractivity (Wildman–Crippen MR) is 65.3 cm³/mol. The fourth-order valence-corrected chi connectivity index (χ4v) is 2.08. The van der Waals surface area contributed by atoms with Crippen LogP contribution in [0.15, 0.2) is 0 Å². The topological polar surface area (TPSA) is 38.3 Å². The molecule has 1 rings (SSSR count). The standard InChI is InChI=1S/C13H25NO2/c1-3-6-12(13(15)16-4-2)14-10-9-11-7-5-8-11/h11-12,14H,3-10H2,1-2H3. The molecule has 0 bridgehead atoms. The summed E-state index contributed by atoms with van der Waals surface area (Å²) in [6.07, 6.45) is 7.24. The molecule has 0 aromatic carbocycles. The summed E-state index contributed by atoms with van der Waals surface area (Å²) in [4.78, 5) is 11.6. The Labute approximate surface area is 98.9 Å². The quantitative estimate of drug-likeness (QED) is 0.647. The van der Waals surface area contributed by atoms with E-state index >= 15 is 0 Å². The number of carbonyl (C=O) groups is 1. The molecular formula is C13H25NO2. The zero-order valence-corrected chi connectivity index (χ0v) is 10.6. The average Bonchev–Trinajstić information content (AvgIpc) is 2.20. The van der Waals surface area contributed by atoms with Crippen LogP contribution in [0.4, 0.5) is 0 Å². The van der Waals surface area contributed by atoms with Gasteiger partial charge in [-0.25, -0.2) is 0 Å². The minimum Gasteiger partial charge on any atom is -0.465 e. The van der Waals surface area contributed by atoms with Crippen molar-refractivity contribution in [3.63, 3.8) is 0 Å². The summed E-state index contributed by atoms with van der Waals surface area (Å²) >= 11 is 0. The number of carbonyl (C=O) groups excluding carboxylic acids is 1. The van der Waals surface area contributed by atoms with Gasteiger partial charge in [0.05, 0.1) is 6.61 Å².